The Morgan fingerprint density at radius 2 is 2.19 bits per heavy atom. The van der Waals surface area contributed by atoms with Crippen LogP contribution in [0.15, 0.2) is 6.33 Å². The van der Waals surface area contributed by atoms with E-state index >= 15 is 0 Å². The van der Waals surface area contributed by atoms with Crippen molar-refractivity contribution < 1.29 is 9.53 Å². The molecule has 8 heteroatoms. The molecule has 1 fully saturated rings. The molecule has 0 aliphatic carbocycles. The summed E-state index contributed by atoms with van der Waals surface area (Å²) >= 11 is 0. The number of methoxy groups -OCH3 is 1. The van der Waals surface area contributed by atoms with Crippen LogP contribution in [-0.2, 0) is 22.5 Å². The van der Waals surface area contributed by atoms with Gasteiger partial charge in [-0.25, -0.2) is 15.0 Å². The van der Waals surface area contributed by atoms with Gasteiger partial charge in [-0.3, -0.25) is 4.79 Å². The lowest BCUT2D eigenvalue weighted by Crippen LogP contribution is -2.44. The van der Waals surface area contributed by atoms with Crippen LogP contribution in [0.3, 0.4) is 0 Å². The van der Waals surface area contributed by atoms with Gasteiger partial charge < -0.3 is 19.5 Å². The predicted molar refractivity (Wildman–Crippen MR) is 103 cm³/mol. The van der Waals surface area contributed by atoms with E-state index in [1.165, 1.54) is 19.3 Å². The van der Waals surface area contributed by atoms with E-state index in [2.05, 4.69) is 24.8 Å². The maximum atomic E-state index is 12.5. The molecule has 1 saturated heterocycles. The van der Waals surface area contributed by atoms with Crippen LogP contribution in [0.4, 0.5) is 5.82 Å². The molecule has 0 bridgehead atoms. The van der Waals surface area contributed by atoms with Gasteiger partial charge in [0, 0.05) is 39.7 Å². The molecule has 8 nitrogen and oxygen atoms in total. The van der Waals surface area contributed by atoms with E-state index in [1.807, 2.05) is 0 Å². The molecule has 2 aliphatic heterocycles. The van der Waals surface area contributed by atoms with Crippen molar-refractivity contribution in [2.24, 2.45) is 5.92 Å². The van der Waals surface area contributed by atoms with Crippen molar-refractivity contribution in [3.05, 3.63) is 12.2 Å². The summed E-state index contributed by atoms with van der Waals surface area (Å²) in [6.45, 7) is 3.64. The zero-order chi connectivity index (χ0) is 18.6. The van der Waals surface area contributed by atoms with Crippen molar-refractivity contribution >= 4 is 22.9 Å². The first-order chi connectivity index (χ1) is 13.3. The minimum absolute atomic E-state index is 0.0268. The smallest absolute Gasteiger partial charge is 0.224 e. The van der Waals surface area contributed by atoms with E-state index in [9.17, 15) is 4.79 Å². The number of aromatic nitrogens is 4. The largest absolute Gasteiger partial charge is 0.383 e. The zero-order valence-corrected chi connectivity index (χ0v) is 16.0. The van der Waals surface area contributed by atoms with Crippen LogP contribution >= 0.6 is 0 Å². The Kier molecular flexibility index (Phi) is 5.52. The molecule has 1 atom stereocenters. The van der Waals surface area contributed by atoms with Gasteiger partial charge >= 0.3 is 0 Å². The van der Waals surface area contributed by atoms with Crippen LogP contribution in [0.5, 0.6) is 0 Å². The average Bonchev–Trinajstić information content (AvgIpc) is 2.89. The lowest BCUT2D eigenvalue weighted by Gasteiger charge is -2.32. The number of nitrogens with zero attached hydrogens (tertiary/aromatic N) is 5. The summed E-state index contributed by atoms with van der Waals surface area (Å²) in [5.74, 6) is 2.06. The van der Waals surface area contributed by atoms with E-state index < -0.39 is 0 Å². The first-order valence-corrected chi connectivity index (χ1v) is 9.99. The number of anilines is 1. The molecule has 1 amide bonds. The predicted octanol–water partition coefficient (Wildman–Crippen LogP) is 1.53. The van der Waals surface area contributed by atoms with E-state index in [0.717, 1.165) is 55.2 Å². The molecule has 0 saturated carbocycles. The summed E-state index contributed by atoms with van der Waals surface area (Å²) in [6.07, 6.45) is 8.12. The Labute approximate surface area is 159 Å². The zero-order valence-electron chi connectivity index (χ0n) is 16.0. The highest BCUT2D eigenvalue weighted by molar-refractivity contribution is 5.85. The lowest BCUT2D eigenvalue weighted by atomic mass is 9.97. The maximum Gasteiger partial charge on any atom is 0.224 e. The van der Waals surface area contributed by atoms with Crippen LogP contribution in [0.2, 0.25) is 0 Å². The van der Waals surface area contributed by atoms with E-state index in [0.29, 0.717) is 19.7 Å². The molecule has 4 heterocycles. The van der Waals surface area contributed by atoms with Gasteiger partial charge in [0.15, 0.2) is 17.0 Å². The van der Waals surface area contributed by atoms with Crippen LogP contribution in [0.1, 0.15) is 37.9 Å². The summed E-state index contributed by atoms with van der Waals surface area (Å²) in [4.78, 5) is 28.7. The highest BCUT2D eigenvalue weighted by atomic mass is 16.5. The number of hydrogen-bond donors (Lipinski definition) is 1. The van der Waals surface area contributed by atoms with Gasteiger partial charge in [0.25, 0.3) is 0 Å². The van der Waals surface area contributed by atoms with Crippen LogP contribution in [-0.4, -0.2) is 58.8 Å². The Morgan fingerprint density at radius 3 is 3.07 bits per heavy atom. The Hall–Kier alpha value is -2.22. The molecule has 1 unspecified atom stereocenters. The lowest BCUT2D eigenvalue weighted by molar-refractivity contribution is -0.125. The fraction of sp³-hybridized carbons (Fsp3) is 0.684. The Balaban J connectivity index is 1.56. The molecule has 146 valence electrons. The molecule has 0 spiro atoms. The normalized spacial score (nSPS) is 20.3. The number of fused-ring (bicyclic) bond motifs is 3. The van der Waals surface area contributed by atoms with Gasteiger partial charge in [-0.15, -0.1) is 0 Å². The van der Waals surface area contributed by atoms with Crippen LogP contribution in [0, 0.1) is 5.92 Å². The second-order valence-corrected chi connectivity index (χ2v) is 7.43. The fourth-order valence-electron chi connectivity index (χ4n) is 4.16. The monoisotopic (exact) mass is 372 g/mol. The Morgan fingerprint density at radius 1 is 1.26 bits per heavy atom. The van der Waals surface area contributed by atoms with Gasteiger partial charge in [-0.1, -0.05) is 6.42 Å². The van der Waals surface area contributed by atoms with Gasteiger partial charge in [-0.2, -0.15) is 0 Å². The number of rotatable bonds is 5. The second-order valence-electron chi connectivity index (χ2n) is 7.43. The topological polar surface area (TPSA) is 85.2 Å². The number of aryl methyl sites for hydroxylation is 2. The molecule has 1 N–H and O–H groups in total. The molecular formula is C19H28N6O2. The number of hydrogen-bond acceptors (Lipinski definition) is 6. The minimum Gasteiger partial charge on any atom is -0.383 e. The summed E-state index contributed by atoms with van der Waals surface area (Å²) in [5, 5.41) is 2.97. The quantitative estimate of drug-likeness (QED) is 0.801. The number of carbonyl (C=O) groups is 1. The number of carbonyl (C=O) groups excluding carboxylic acids is 1. The molecule has 4 rings (SSSR count). The van der Waals surface area contributed by atoms with Gasteiger partial charge in [0.05, 0.1) is 12.5 Å². The summed E-state index contributed by atoms with van der Waals surface area (Å²) < 4.78 is 7.27. The average molecular weight is 372 g/mol. The molecule has 2 aromatic rings. The summed E-state index contributed by atoms with van der Waals surface area (Å²) in [7, 11) is 1.64. The SMILES string of the molecule is COCCNC(=O)C1CCCN(c2ncnc3c2nc2n3CCCCC2)C1. The summed E-state index contributed by atoms with van der Waals surface area (Å²) in [6, 6.07) is 0. The highest BCUT2D eigenvalue weighted by Crippen LogP contribution is 2.29. The van der Waals surface area contributed by atoms with Crippen molar-refractivity contribution in [2.45, 2.75) is 45.1 Å². The Bertz CT molecular complexity index is 805. The standard InChI is InChI=1S/C19H28N6O2/c1-27-11-8-20-19(26)14-6-5-9-24(12-14)17-16-18(22-13-21-17)25-10-4-2-3-7-15(25)23-16/h13-14H,2-12H2,1H3,(H,20,26). The molecule has 0 radical (unpaired) electrons. The van der Waals surface area contributed by atoms with Gasteiger partial charge in [0.1, 0.15) is 12.2 Å². The number of nitrogens with one attached hydrogen (secondary N) is 1. The number of imidazole rings is 1. The van der Waals surface area contributed by atoms with Crippen molar-refractivity contribution in [3.63, 3.8) is 0 Å². The molecule has 2 aliphatic rings. The molecule has 27 heavy (non-hydrogen) atoms. The van der Waals surface area contributed by atoms with E-state index in [-0.39, 0.29) is 11.8 Å². The second kappa shape index (κ2) is 8.21. The van der Waals surface area contributed by atoms with Gasteiger partial charge in [-0.05, 0) is 25.7 Å². The van der Waals surface area contributed by atoms with Crippen molar-refractivity contribution in [1.29, 1.82) is 0 Å². The number of ether oxygens (including phenoxy) is 1. The third kappa shape index (κ3) is 3.76. The van der Waals surface area contributed by atoms with Crippen molar-refractivity contribution in [1.82, 2.24) is 24.8 Å². The van der Waals surface area contributed by atoms with E-state index in [1.54, 1.807) is 13.4 Å². The molecular weight excluding hydrogens is 344 g/mol. The molecule has 0 aromatic carbocycles. The van der Waals surface area contributed by atoms with Crippen molar-refractivity contribution in [2.75, 3.05) is 38.3 Å². The molecule has 2 aromatic heterocycles. The minimum atomic E-state index is -0.0268. The summed E-state index contributed by atoms with van der Waals surface area (Å²) in [5.41, 5.74) is 1.82. The first kappa shape index (κ1) is 18.2. The highest BCUT2D eigenvalue weighted by Gasteiger charge is 2.28. The third-order valence-electron chi connectivity index (χ3n) is 5.57. The van der Waals surface area contributed by atoms with Gasteiger partial charge in [0.2, 0.25) is 5.91 Å². The fourth-order valence-corrected chi connectivity index (χ4v) is 4.16. The van der Waals surface area contributed by atoms with Crippen molar-refractivity contribution in [3.8, 4) is 0 Å². The third-order valence-corrected chi connectivity index (χ3v) is 5.57. The number of piperidine rings is 1. The van der Waals surface area contributed by atoms with Crippen LogP contribution in [0.25, 0.3) is 11.2 Å². The first-order valence-electron chi connectivity index (χ1n) is 9.99. The van der Waals surface area contributed by atoms with Crippen LogP contribution < -0.4 is 10.2 Å². The maximum absolute atomic E-state index is 12.5. The van der Waals surface area contributed by atoms with E-state index in [4.69, 9.17) is 9.72 Å². The number of amides is 1.